The smallest absolute Gasteiger partial charge is 0.409 e. The zero-order chi connectivity index (χ0) is 19.6. The molecule has 0 aliphatic rings. The molecule has 11 heteroatoms. The van der Waals surface area contributed by atoms with E-state index in [4.69, 9.17) is 16.3 Å². The third-order valence-electron chi connectivity index (χ3n) is 3.33. The van der Waals surface area contributed by atoms with Crippen molar-refractivity contribution in [2.45, 2.75) is 6.18 Å². The largest absolute Gasteiger partial charge is 0.433 e. The van der Waals surface area contributed by atoms with Gasteiger partial charge in [-0.15, -0.1) is 0 Å². The Bertz CT molecular complexity index is 1000. The van der Waals surface area contributed by atoms with Crippen molar-refractivity contribution in [2.75, 3.05) is 0 Å². The van der Waals surface area contributed by atoms with Crippen molar-refractivity contribution in [2.24, 2.45) is 0 Å². The second kappa shape index (κ2) is 7.16. The molecule has 0 N–H and O–H groups in total. The molecule has 0 atom stereocenters. The van der Waals surface area contributed by atoms with E-state index in [1.165, 1.54) is 12.3 Å². The standard InChI is InChI=1S/C16H8ClF3N4O3/c17-10-2-1-5-21-15(10)24-13(27-8-25)6-11(23-24)14(26)9-3-4-12(22-7-9)16(18,19)20/h1-8H. The molecule has 3 aromatic heterocycles. The van der Waals surface area contributed by atoms with E-state index in [0.29, 0.717) is 6.07 Å². The van der Waals surface area contributed by atoms with E-state index in [1.807, 2.05) is 0 Å². The number of alkyl halides is 3. The van der Waals surface area contributed by atoms with Gasteiger partial charge in [-0.25, -0.2) is 4.98 Å². The van der Waals surface area contributed by atoms with Crippen molar-refractivity contribution in [1.29, 1.82) is 0 Å². The molecule has 0 fully saturated rings. The number of aromatic nitrogens is 4. The second-order valence-corrected chi connectivity index (χ2v) is 5.47. The van der Waals surface area contributed by atoms with Crippen LogP contribution in [0.4, 0.5) is 13.2 Å². The number of carbonyl (C=O) groups excluding carboxylic acids is 2. The molecule has 138 valence electrons. The summed E-state index contributed by atoms with van der Waals surface area (Å²) in [5.74, 6) is -0.771. The van der Waals surface area contributed by atoms with E-state index in [1.54, 1.807) is 6.07 Å². The summed E-state index contributed by atoms with van der Waals surface area (Å²) in [7, 11) is 0. The number of nitrogens with zero attached hydrogens (tertiary/aromatic N) is 4. The molecule has 0 saturated carbocycles. The van der Waals surface area contributed by atoms with Gasteiger partial charge in [0.1, 0.15) is 11.4 Å². The van der Waals surface area contributed by atoms with E-state index >= 15 is 0 Å². The average Bonchev–Trinajstić information content (AvgIpc) is 3.05. The zero-order valence-electron chi connectivity index (χ0n) is 13.1. The van der Waals surface area contributed by atoms with Gasteiger partial charge in [-0.1, -0.05) is 11.6 Å². The summed E-state index contributed by atoms with van der Waals surface area (Å²) < 4.78 is 43.5. The Morgan fingerprint density at radius 3 is 2.59 bits per heavy atom. The fourth-order valence-electron chi connectivity index (χ4n) is 2.14. The molecule has 0 aliphatic heterocycles. The van der Waals surface area contributed by atoms with Crippen LogP contribution < -0.4 is 4.74 Å². The summed E-state index contributed by atoms with van der Waals surface area (Å²) >= 11 is 6.03. The first-order valence-electron chi connectivity index (χ1n) is 7.20. The normalized spacial score (nSPS) is 11.3. The highest BCUT2D eigenvalue weighted by atomic mass is 35.5. The SMILES string of the molecule is O=COc1cc(C(=O)c2ccc(C(F)(F)F)nc2)nn1-c1ncccc1Cl. The van der Waals surface area contributed by atoms with E-state index in [-0.39, 0.29) is 34.5 Å². The minimum absolute atomic E-state index is 0.0978. The molecule has 0 unspecified atom stereocenters. The fourth-order valence-corrected chi connectivity index (χ4v) is 2.34. The molecule has 0 spiro atoms. The molecule has 0 saturated heterocycles. The molecule has 0 aromatic carbocycles. The van der Waals surface area contributed by atoms with Crippen LogP contribution in [0.3, 0.4) is 0 Å². The lowest BCUT2D eigenvalue weighted by atomic mass is 10.1. The van der Waals surface area contributed by atoms with Crippen LogP contribution >= 0.6 is 11.6 Å². The number of hydrogen-bond donors (Lipinski definition) is 0. The van der Waals surface area contributed by atoms with Gasteiger partial charge < -0.3 is 4.74 Å². The van der Waals surface area contributed by atoms with Crippen LogP contribution in [-0.2, 0) is 11.0 Å². The Balaban J connectivity index is 2.00. The predicted octanol–water partition coefficient (Wildman–Crippen LogP) is 3.10. The Morgan fingerprint density at radius 2 is 2.00 bits per heavy atom. The molecule has 0 bridgehead atoms. The third kappa shape index (κ3) is 3.80. The van der Waals surface area contributed by atoms with Crippen molar-refractivity contribution in [3.8, 4) is 11.7 Å². The van der Waals surface area contributed by atoms with E-state index in [2.05, 4.69) is 15.1 Å². The van der Waals surface area contributed by atoms with E-state index in [0.717, 1.165) is 23.0 Å². The van der Waals surface area contributed by atoms with Crippen LogP contribution in [0.15, 0.2) is 42.7 Å². The molecule has 0 aliphatic carbocycles. The third-order valence-corrected chi connectivity index (χ3v) is 3.63. The van der Waals surface area contributed by atoms with Gasteiger partial charge in [0, 0.05) is 24.0 Å². The molecular formula is C16H8ClF3N4O3. The Morgan fingerprint density at radius 1 is 1.22 bits per heavy atom. The van der Waals surface area contributed by atoms with Gasteiger partial charge in [-0.2, -0.15) is 23.0 Å². The highest BCUT2D eigenvalue weighted by Gasteiger charge is 2.32. The summed E-state index contributed by atoms with van der Waals surface area (Å²) in [5, 5.41) is 4.17. The minimum Gasteiger partial charge on any atom is -0.409 e. The summed E-state index contributed by atoms with van der Waals surface area (Å²) in [4.78, 5) is 30.4. The highest BCUT2D eigenvalue weighted by molar-refractivity contribution is 6.32. The lowest BCUT2D eigenvalue weighted by Crippen LogP contribution is -2.10. The number of ketones is 1. The quantitative estimate of drug-likeness (QED) is 0.486. The lowest BCUT2D eigenvalue weighted by Gasteiger charge is -2.05. The maximum Gasteiger partial charge on any atom is 0.433 e. The summed E-state index contributed by atoms with van der Waals surface area (Å²) in [6, 6.07) is 5.88. The summed E-state index contributed by atoms with van der Waals surface area (Å²) in [5.41, 5.74) is -1.46. The number of carbonyl (C=O) groups is 2. The van der Waals surface area contributed by atoms with Gasteiger partial charge in [0.05, 0.1) is 5.02 Å². The van der Waals surface area contributed by atoms with Crippen LogP contribution in [0, 0.1) is 0 Å². The molecule has 3 rings (SSSR count). The maximum absolute atomic E-state index is 12.6. The van der Waals surface area contributed by atoms with E-state index in [9.17, 15) is 22.8 Å². The van der Waals surface area contributed by atoms with Gasteiger partial charge in [0.2, 0.25) is 11.7 Å². The molecule has 7 nitrogen and oxygen atoms in total. The van der Waals surface area contributed by atoms with Crippen molar-refractivity contribution in [3.63, 3.8) is 0 Å². The molecular weight excluding hydrogens is 389 g/mol. The van der Waals surface area contributed by atoms with Crippen LogP contribution in [0.25, 0.3) is 5.82 Å². The first-order chi connectivity index (χ1) is 12.8. The van der Waals surface area contributed by atoms with Crippen LogP contribution in [0.2, 0.25) is 5.02 Å². The molecule has 27 heavy (non-hydrogen) atoms. The van der Waals surface area contributed by atoms with Gasteiger partial charge >= 0.3 is 6.18 Å². The number of ether oxygens (including phenoxy) is 1. The molecule has 0 amide bonds. The number of hydrogen-bond acceptors (Lipinski definition) is 6. The maximum atomic E-state index is 12.6. The van der Waals surface area contributed by atoms with Gasteiger partial charge in [-0.3, -0.25) is 14.6 Å². The lowest BCUT2D eigenvalue weighted by molar-refractivity contribution is -0.141. The van der Waals surface area contributed by atoms with Gasteiger partial charge in [0.15, 0.2) is 5.82 Å². The average molecular weight is 397 g/mol. The van der Waals surface area contributed by atoms with Gasteiger partial charge in [0.25, 0.3) is 6.47 Å². The Kier molecular flexibility index (Phi) is 4.91. The highest BCUT2D eigenvalue weighted by Crippen LogP contribution is 2.28. The number of pyridine rings is 2. The van der Waals surface area contributed by atoms with Crippen molar-refractivity contribution < 1.29 is 27.5 Å². The molecule has 0 radical (unpaired) electrons. The molecule has 3 aromatic rings. The van der Waals surface area contributed by atoms with E-state index < -0.39 is 17.7 Å². The van der Waals surface area contributed by atoms with Crippen molar-refractivity contribution in [1.82, 2.24) is 19.7 Å². The second-order valence-electron chi connectivity index (χ2n) is 5.06. The summed E-state index contributed by atoms with van der Waals surface area (Å²) in [6.07, 6.45) is -2.42. The first-order valence-corrected chi connectivity index (χ1v) is 7.58. The zero-order valence-corrected chi connectivity index (χ0v) is 13.9. The minimum atomic E-state index is -4.62. The Hall–Kier alpha value is -3.27. The van der Waals surface area contributed by atoms with Crippen LogP contribution in [-0.4, -0.2) is 32.0 Å². The number of rotatable bonds is 5. The monoisotopic (exact) mass is 396 g/mol. The first kappa shape index (κ1) is 18.5. The van der Waals surface area contributed by atoms with Crippen LogP contribution in [0.5, 0.6) is 5.88 Å². The van der Waals surface area contributed by atoms with Crippen molar-refractivity contribution >= 4 is 23.9 Å². The Labute approximate surface area is 154 Å². The summed E-state index contributed by atoms with van der Waals surface area (Å²) in [6.45, 7) is 0.123. The van der Waals surface area contributed by atoms with Crippen LogP contribution in [0.1, 0.15) is 21.7 Å². The van der Waals surface area contributed by atoms with Crippen molar-refractivity contribution in [3.05, 3.63) is 64.7 Å². The predicted molar refractivity (Wildman–Crippen MR) is 85.7 cm³/mol. The fraction of sp³-hybridized carbons (Fsp3) is 0.0625. The number of halogens is 4. The molecule has 3 heterocycles. The van der Waals surface area contributed by atoms with Gasteiger partial charge in [-0.05, 0) is 24.3 Å². The topological polar surface area (TPSA) is 87.0 Å².